The maximum absolute atomic E-state index is 12.9. The van der Waals surface area contributed by atoms with Gasteiger partial charge < -0.3 is 20.1 Å². The predicted octanol–water partition coefficient (Wildman–Crippen LogP) is 5.04. The summed E-state index contributed by atoms with van der Waals surface area (Å²) in [5.41, 5.74) is 3.17. The molecule has 190 valence electrons. The van der Waals surface area contributed by atoms with Crippen molar-refractivity contribution in [2.75, 3.05) is 23.7 Å². The number of aromatic nitrogens is 3. The Morgan fingerprint density at radius 1 is 1.06 bits per heavy atom. The van der Waals surface area contributed by atoms with Crippen molar-refractivity contribution in [1.82, 2.24) is 19.7 Å². The molecule has 1 aliphatic rings. The number of likely N-dealkylation sites (tertiary alicyclic amines) is 1. The second-order valence-corrected chi connectivity index (χ2v) is 9.96. The minimum atomic E-state index is -0.915. The maximum atomic E-state index is 12.9. The van der Waals surface area contributed by atoms with Crippen molar-refractivity contribution in [3.05, 3.63) is 59.9 Å². The van der Waals surface area contributed by atoms with Crippen molar-refractivity contribution in [3.8, 4) is 11.6 Å². The number of nitrogens with zero attached hydrogens (tertiary/aromatic N) is 4. The van der Waals surface area contributed by atoms with E-state index in [1.165, 1.54) is 4.90 Å². The molecule has 3 N–H and O–H groups in total. The number of hydrogen-bond donors (Lipinski definition) is 3. The highest BCUT2D eigenvalue weighted by Crippen LogP contribution is 2.27. The third kappa shape index (κ3) is 6.12. The molecular formula is C26H32N6O4. The SMILES string of the molecule is Cc1ccc(-n2nc(C(C)(C)C)cc2NC(=O)Nc2ccnc(OC3CCN(C(=O)O)CC3)c2)cc1. The zero-order valence-corrected chi connectivity index (χ0v) is 21.0. The number of piperidine rings is 1. The van der Waals surface area contributed by atoms with Crippen molar-refractivity contribution in [2.24, 2.45) is 0 Å². The van der Waals surface area contributed by atoms with Gasteiger partial charge in [-0.1, -0.05) is 38.5 Å². The predicted molar refractivity (Wildman–Crippen MR) is 137 cm³/mol. The molecule has 36 heavy (non-hydrogen) atoms. The van der Waals surface area contributed by atoms with Crippen LogP contribution >= 0.6 is 0 Å². The Labute approximate surface area is 210 Å². The normalized spacial score (nSPS) is 14.4. The highest BCUT2D eigenvalue weighted by molar-refractivity contribution is 5.99. The fourth-order valence-electron chi connectivity index (χ4n) is 3.89. The van der Waals surface area contributed by atoms with Gasteiger partial charge in [0.05, 0.1) is 11.4 Å². The summed E-state index contributed by atoms with van der Waals surface area (Å²) in [4.78, 5) is 29.6. The molecule has 3 amide bonds. The number of carbonyl (C=O) groups is 2. The maximum Gasteiger partial charge on any atom is 0.407 e. The third-order valence-electron chi connectivity index (χ3n) is 5.99. The summed E-state index contributed by atoms with van der Waals surface area (Å²) in [7, 11) is 0. The second kappa shape index (κ2) is 10.3. The molecule has 10 heteroatoms. The van der Waals surface area contributed by atoms with E-state index in [0.29, 0.717) is 43.3 Å². The Hall–Kier alpha value is -4.08. The van der Waals surface area contributed by atoms with Crippen molar-refractivity contribution < 1.29 is 19.4 Å². The van der Waals surface area contributed by atoms with Gasteiger partial charge in [0.1, 0.15) is 11.9 Å². The Morgan fingerprint density at radius 3 is 2.39 bits per heavy atom. The average Bonchev–Trinajstić information content (AvgIpc) is 3.24. The van der Waals surface area contributed by atoms with Crippen LogP contribution in [0.2, 0.25) is 0 Å². The van der Waals surface area contributed by atoms with Gasteiger partial charge in [-0.15, -0.1) is 0 Å². The lowest BCUT2D eigenvalue weighted by molar-refractivity contribution is 0.0871. The van der Waals surface area contributed by atoms with Gasteiger partial charge in [0.25, 0.3) is 0 Å². The smallest absolute Gasteiger partial charge is 0.407 e. The first-order chi connectivity index (χ1) is 17.1. The molecule has 0 spiro atoms. The number of pyridine rings is 1. The van der Waals surface area contributed by atoms with Gasteiger partial charge in [-0.05, 0) is 25.1 Å². The summed E-state index contributed by atoms with van der Waals surface area (Å²) in [6.07, 6.45) is 1.70. The molecule has 4 rings (SSSR count). The third-order valence-corrected chi connectivity index (χ3v) is 5.99. The first-order valence-corrected chi connectivity index (χ1v) is 11.9. The van der Waals surface area contributed by atoms with Crippen LogP contribution in [0.15, 0.2) is 48.7 Å². The molecule has 1 fully saturated rings. The lowest BCUT2D eigenvalue weighted by atomic mass is 9.92. The fourth-order valence-corrected chi connectivity index (χ4v) is 3.89. The molecule has 1 aromatic carbocycles. The van der Waals surface area contributed by atoms with Crippen LogP contribution in [0.1, 0.15) is 44.9 Å². The number of carboxylic acid groups (broad SMARTS) is 1. The fraction of sp³-hybridized carbons (Fsp3) is 0.385. The zero-order chi connectivity index (χ0) is 25.9. The molecule has 0 radical (unpaired) electrons. The molecule has 10 nitrogen and oxygen atoms in total. The molecule has 0 atom stereocenters. The highest BCUT2D eigenvalue weighted by atomic mass is 16.5. The lowest BCUT2D eigenvalue weighted by Gasteiger charge is -2.29. The first kappa shape index (κ1) is 25.0. The Kier molecular flexibility index (Phi) is 7.14. The minimum Gasteiger partial charge on any atom is -0.474 e. The molecule has 0 aliphatic carbocycles. The van der Waals surface area contributed by atoms with Crippen LogP contribution in [0, 0.1) is 6.92 Å². The number of benzene rings is 1. The summed E-state index contributed by atoms with van der Waals surface area (Å²) >= 11 is 0. The summed E-state index contributed by atoms with van der Waals surface area (Å²) in [5.74, 6) is 0.929. The molecule has 3 heterocycles. The first-order valence-electron chi connectivity index (χ1n) is 11.9. The van der Waals surface area contributed by atoms with E-state index in [4.69, 9.17) is 14.9 Å². The van der Waals surface area contributed by atoms with Crippen LogP contribution in [0.5, 0.6) is 5.88 Å². The zero-order valence-electron chi connectivity index (χ0n) is 21.0. The number of aryl methyl sites for hydroxylation is 1. The minimum absolute atomic E-state index is 0.128. The molecule has 1 saturated heterocycles. The van der Waals surface area contributed by atoms with E-state index >= 15 is 0 Å². The van der Waals surface area contributed by atoms with E-state index in [-0.39, 0.29) is 11.5 Å². The number of rotatable bonds is 5. The molecule has 0 saturated carbocycles. The topological polar surface area (TPSA) is 122 Å². The van der Waals surface area contributed by atoms with Gasteiger partial charge in [0.15, 0.2) is 0 Å². The van der Waals surface area contributed by atoms with E-state index in [0.717, 1.165) is 16.9 Å². The van der Waals surface area contributed by atoms with Crippen LogP contribution in [-0.2, 0) is 5.41 Å². The largest absolute Gasteiger partial charge is 0.474 e. The van der Waals surface area contributed by atoms with Gasteiger partial charge in [-0.2, -0.15) is 5.10 Å². The van der Waals surface area contributed by atoms with Gasteiger partial charge in [0, 0.05) is 55.4 Å². The highest BCUT2D eigenvalue weighted by Gasteiger charge is 2.24. The quantitative estimate of drug-likeness (QED) is 0.459. The number of hydrogen-bond acceptors (Lipinski definition) is 5. The number of amides is 3. The standard InChI is InChI=1S/C26H32N6O4/c1-17-5-7-19(8-6-17)32-22(16-21(30-32)26(2,3)4)29-24(33)28-18-9-12-27-23(15-18)36-20-10-13-31(14-11-20)25(34)35/h5-9,12,15-16,20H,10-11,13-14H2,1-4H3,(H,34,35)(H2,27,28,29,33). The number of ether oxygens (including phenoxy) is 1. The number of anilines is 2. The van der Waals surface area contributed by atoms with Crippen LogP contribution in [0.3, 0.4) is 0 Å². The summed E-state index contributed by atoms with van der Waals surface area (Å²) < 4.78 is 7.66. The summed E-state index contributed by atoms with van der Waals surface area (Å²) in [6.45, 7) is 9.08. The number of nitrogens with one attached hydrogen (secondary N) is 2. The van der Waals surface area contributed by atoms with Gasteiger partial charge in [-0.25, -0.2) is 19.3 Å². The van der Waals surface area contributed by atoms with Crippen molar-refractivity contribution in [1.29, 1.82) is 0 Å². The number of urea groups is 1. The average molecular weight is 493 g/mol. The molecule has 2 aromatic heterocycles. The van der Waals surface area contributed by atoms with E-state index in [1.807, 2.05) is 37.3 Å². The number of carbonyl (C=O) groups excluding carboxylic acids is 1. The van der Waals surface area contributed by atoms with Crippen LogP contribution < -0.4 is 15.4 Å². The Balaban J connectivity index is 1.44. The summed E-state index contributed by atoms with van der Waals surface area (Å²) in [6, 6.07) is 12.7. The van der Waals surface area contributed by atoms with Gasteiger partial charge in [0.2, 0.25) is 5.88 Å². The summed E-state index contributed by atoms with van der Waals surface area (Å²) in [5, 5.41) is 19.6. The van der Waals surface area contributed by atoms with Gasteiger partial charge in [-0.3, -0.25) is 5.32 Å². The second-order valence-electron chi connectivity index (χ2n) is 9.96. The molecule has 1 aliphatic heterocycles. The van der Waals surface area contributed by atoms with E-state index in [9.17, 15) is 9.59 Å². The van der Waals surface area contributed by atoms with E-state index in [2.05, 4.69) is 36.4 Å². The Morgan fingerprint density at radius 2 is 1.75 bits per heavy atom. The Bertz CT molecular complexity index is 1220. The van der Waals surface area contributed by atoms with E-state index in [1.54, 1.807) is 23.0 Å². The van der Waals surface area contributed by atoms with Crippen molar-refractivity contribution in [3.63, 3.8) is 0 Å². The van der Waals surface area contributed by atoms with Crippen LogP contribution in [-0.4, -0.2) is 56.1 Å². The van der Waals surface area contributed by atoms with Crippen molar-refractivity contribution in [2.45, 2.75) is 52.1 Å². The van der Waals surface area contributed by atoms with Crippen LogP contribution in [0.4, 0.5) is 21.1 Å². The van der Waals surface area contributed by atoms with E-state index < -0.39 is 12.1 Å². The monoisotopic (exact) mass is 492 g/mol. The molecule has 3 aromatic rings. The van der Waals surface area contributed by atoms with Crippen molar-refractivity contribution >= 4 is 23.6 Å². The molecule has 0 unspecified atom stereocenters. The van der Waals surface area contributed by atoms with Crippen LogP contribution in [0.25, 0.3) is 5.69 Å². The molecule has 0 bridgehead atoms. The lowest BCUT2D eigenvalue weighted by Crippen LogP contribution is -2.41. The van der Waals surface area contributed by atoms with Gasteiger partial charge >= 0.3 is 12.1 Å². The molecular weight excluding hydrogens is 460 g/mol.